The van der Waals surface area contributed by atoms with Crippen molar-refractivity contribution in [1.29, 1.82) is 0 Å². The third-order valence-corrected chi connectivity index (χ3v) is 4.69. The highest BCUT2D eigenvalue weighted by Crippen LogP contribution is 2.31. The summed E-state index contributed by atoms with van der Waals surface area (Å²) in [7, 11) is 0. The van der Waals surface area contributed by atoms with E-state index in [2.05, 4.69) is 10.3 Å². The summed E-state index contributed by atoms with van der Waals surface area (Å²) < 4.78 is 11.0. The van der Waals surface area contributed by atoms with Gasteiger partial charge in [0.15, 0.2) is 17.3 Å². The fraction of sp³-hybridized carbons (Fsp3) is 0.227. The van der Waals surface area contributed by atoms with Crippen molar-refractivity contribution in [2.45, 2.75) is 19.8 Å². The molecule has 1 aromatic heterocycles. The van der Waals surface area contributed by atoms with Crippen molar-refractivity contribution in [3.05, 3.63) is 59.8 Å². The topological polar surface area (TPSA) is 77.5 Å². The molecule has 0 fully saturated rings. The van der Waals surface area contributed by atoms with Crippen LogP contribution in [0.1, 0.15) is 28.8 Å². The van der Waals surface area contributed by atoms with Crippen LogP contribution in [0.15, 0.2) is 48.7 Å². The Kier molecular flexibility index (Phi) is 4.93. The molecule has 0 saturated carbocycles. The summed E-state index contributed by atoms with van der Waals surface area (Å²) in [4.78, 5) is 29.2. The van der Waals surface area contributed by atoms with Gasteiger partial charge in [-0.2, -0.15) is 0 Å². The summed E-state index contributed by atoms with van der Waals surface area (Å²) in [6.07, 6.45) is 1.95. The van der Waals surface area contributed by atoms with Gasteiger partial charge < -0.3 is 14.8 Å². The number of hydrogen-bond donors (Lipinski definition) is 1. The minimum atomic E-state index is -0.208. The van der Waals surface area contributed by atoms with Crippen LogP contribution in [0.5, 0.6) is 11.5 Å². The zero-order valence-corrected chi connectivity index (χ0v) is 15.5. The molecular weight excluding hydrogens is 356 g/mol. The number of aryl methyl sites for hydroxylation is 1. The molecule has 0 radical (unpaired) electrons. The first-order valence-corrected chi connectivity index (χ1v) is 9.19. The maximum absolute atomic E-state index is 12.5. The third kappa shape index (κ3) is 3.67. The van der Waals surface area contributed by atoms with Gasteiger partial charge in [0.25, 0.3) is 0 Å². The second kappa shape index (κ2) is 7.68. The van der Waals surface area contributed by atoms with E-state index in [4.69, 9.17) is 9.47 Å². The lowest BCUT2D eigenvalue weighted by Gasteiger charge is -2.18. The normalized spacial score (nSPS) is 12.6. The van der Waals surface area contributed by atoms with Crippen molar-refractivity contribution >= 4 is 28.3 Å². The fourth-order valence-electron chi connectivity index (χ4n) is 3.22. The smallest absolute Gasteiger partial charge is 0.224 e. The molecule has 1 aliphatic rings. The number of ketones is 1. The van der Waals surface area contributed by atoms with E-state index in [1.165, 1.54) is 0 Å². The molecule has 3 aromatic rings. The molecule has 1 aliphatic heterocycles. The quantitative estimate of drug-likeness (QED) is 0.683. The van der Waals surface area contributed by atoms with Gasteiger partial charge in [0, 0.05) is 30.0 Å². The van der Waals surface area contributed by atoms with Gasteiger partial charge >= 0.3 is 0 Å². The van der Waals surface area contributed by atoms with Gasteiger partial charge in [0.05, 0.1) is 11.2 Å². The number of anilines is 1. The van der Waals surface area contributed by atoms with E-state index in [1.807, 2.05) is 31.2 Å². The molecule has 6 nitrogen and oxygen atoms in total. The number of nitrogens with one attached hydrogen (secondary N) is 1. The number of Topliss-reactive ketones (excluding diaryl/α,β-unsaturated/α-hetero) is 1. The zero-order valence-electron chi connectivity index (χ0n) is 15.5. The van der Waals surface area contributed by atoms with Crippen LogP contribution in [-0.2, 0) is 4.79 Å². The summed E-state index contributed by atoms with van der Waals surface area (Å²) in [5, 5.41) is 3.78. The van der Waals surface area contributed by atoms with E-state index in [9.17, 15) is 9.59 Å². The Morgan fingerprint density at radius 3 is 2.71 bits per heavy atom. The number of nitrogens with zero attached hydrogens (tertiary/aromatic N) is 1. The van der Waals surface area contributed by atoms with Crippen LogP contribution in [0.3, 0.4) is 0 Å². The predicted molar refractivity (Wildman–Crippen MR) is 106 cm³/mol. The van der Waals surface area contributed by atoms with E-state index >= 15 is 0 Å². The molecule has 28 heavy (non-hydrogen) atoms. The molecular formula is C22H20N2O4. The van der Waals surface area contributed by atoms with Crippen molar-refractivity contribution in [2.24, 2.45) is 0 Å². The van der Waals surface area contributed by atoms with Crippen molar-refractivity contribution in [3.63, 3.8) is 0 Å². The van der Waals surface area contributed by atoms with E-state index in [0.717, 1.165) is 16.5 Å². The van der Waals surface area contributed by atoms with Crippen LogP contribution in [0.25, 0.3) is 10.9 Å². The molecule has 0 aliphatic carbocycles. The molecule has 0 spiro atoms. The first-order valence-electron chi connectivity index (χ1n) is 9.19. The lowest BCUT2D eigenvalue weighted by molar-refractivity contribution is -0.116. The van der Waals surface area contributed by atoms with Gasteiger partial charge in [0.2, 0.25) is 5.91 Å². The summed E-state index contributed by atoms with van der Waals surface area (Å²) in [6, 6.07) is 12.6. The van der Waals surface area contributed by atoms with Gasteiger partial charge in [-0.1, -0.05) is 6.07 Å². The molecule has 1 amide bonds. The summed E-state index contributed by atoms with van der Waals surface area (Å²) in [5.74, 6) is 0.892. The number of carbonyl (C=O) groups excluding carboxylic acids is 2. The lowest BCUT2D eigenvalue weighted by atomic mass is 10.1. The van der Waals surface area contributed by atoms with Gasteiger partial charge in [-0.25, -0.2) is 0 Å². The molecule has 1 N–H and O–H groups in total. The third-order valence-electron chi connectivity index (χ3n) is 4.69. The van der Waals surface area contributed by atoms with Gasteiger partial charge in [-0.3, -0.25) is 14.6 Å². The fourth-order valence-corrected chi connectivity index (χ4v) is 3.22. The number of ether oxygens (including phenoxy) is 2. The Labute approximate surface area is 162 Å². The molecule has 2 aromatic carbocycles. The Morgan fingerprint density at radius 1 is 1.04 bits per heavy atom. The van der Waals surface area contributed by atoms with Crippen LogP contribution < -0.4 is 14.8 Å². The monoisotopic (exact) mass is 376 g/mol. The van der Waals surface area contributed by atoms with Crippen LogP contribution in [0.2, 0.25) is 0 Å². The Morgan fingerprint density at radius 2 is 1.86 bits per heavy atom. The van der Waals surface area contributed by atoms with Crippen LogP contribution in [0.4, 0.5) is 5.69 Å². The summed E-state index contributed by atoms with van der Waals surface area (Å²) in [5.41, 5.74) is 3.11. The van der Waals surface area contributed by atoms with Crippen molar-refractivity contribution in [1.82, 2.24) is 4.98 Å². The SMILES string of the molecule is Cc1ccc(NC(=O)CCC(=O)c2ccc3c(c2)OCCO3)c2cccnc12. The van der Waals surface area contributed by atoms with E-state index in [-0.39, 0.29) is 24.5 Å². The predicted octanol–water partition coefficient (Wildman–Crippen LogP) is 3.92. The van der Waals surface area contributed by atoms with Crippen LogP contribution in [0, 0.1) is 6.92 Å². The van der Waals surface area contributed by atoms with Gasteiger partial charge in [0.1, 0.15) is 13.2 Å². The molecule has 0 saturated heterocycles. The minimum absolute atomic E-state index is 0.100. The van der Waals surface area contributed by atoms with Crippen molar-refractivity contribution < 1.29 is 19.1 Å². The number of aromatic nitrogens is 1. The summed E-state index contributed by atoms with van der Waals surface area (Å²) in [6.45, 7) is 2.95. The number of hydrogen-bond acceptors (Lipinski definition) is 5. The van der Waals surface area contributed by atoms with Crippen LogP contribution in [-0.4, -0.2) is 29.9 Å². The maximum atomic E-state index is 12.5. The molecule has 0 bridgehead atoms. The molecule has 4 rings (SSSR count). The number of benzene rings is 2. The highest BCUT2D eigenvalue weighted by molar-refractivity contribution is 6.04. The number of carbonyl (C=O) groups is 2. The second-order valence-electron chi connectivity index (χ2n) is 6.66. The average molecular weight is 376 g/mol. The number of fused-ring (bicyclic) bond motifs is 2. The molecule has 142 valence electrons. The van der Waals surface area contributed by atoms with Crippen molar-refractivity contribution in [3.8, 4) is 11.5 Å². The standard InChI is InChI=1S/C22H20N2O4/c1-14-4-6-17(16-3-2-10-23-22(14)16)24-21(26)9-7-18(25)15-5-8-19-20(13-15)28-12-11-27-19/h2-6,8,10,13H,7,9,11-12H2,1H3,(H,24,26). The Balaban J connectivity index is 1.41. The van der Waals surface area contributed by atoms with E-state index in [1.54, 1.807) is 24.4 Å². The maximum Gasteiger partial charge on any atom is 0.224 e. The number of rotatable bonds is 5. The second-order valence-corrected chi connectivity index (χ2v) is 6.66. The minimum Gasteiger partial charge on any atom is -0.486 e. The molecule has 0 atom stereocenters. The molecule has 0 unspecified atom stereocenters. The summed E-state index contributed by atoms with van der Waals surface area (Å²) >= 11 is 0. The first kappa shape index (κ1) is 18.0. The largest absolute Gasteiger partial charge is 0.486 e. The Bertz CT molecular complexity index is 1060. The van der Waals surface area contributed by atoms with Gasteiger partial charge in [-0.15, -0.1) is 0 Å². The average Bonchev–Trinajstić information content (AvgIpc) is 2.74. The molecule has 6 heteroatoms. The lowest BCUT2D eigenvalue weighted by Crippen LogP contribution is -2.16. The number of amides is 1. The highest BCUT2D eigenvalue weighted by atomic mass is 16.6. The van der Waals surface area contributed by atoms with E-state index < -0.39 is 0 Å². The van der Waals surface area contributed by atoms with Crippen LogP contribution >= 0.6 is 0 Å². The number of pyridine rings is 1. The zero-order chi connectivity index (χ0) is 19.5. The van der Waals surface area contributed by atoms with Crippen molar-refractivity contribution in [2.75, 3.05) is 18.5 Å². The first-order chi connectivity index (χ1) is 13.6. The van der Waals surface area contributed by atoms with E-state index in [0.29, 0.717) is 36.0 Å². The Hall–Kier alpha value is -3.41. The van der Waals surface area contributed by atoms with Gasteiger partial charge in [-0.05, 0) is 48.9 Å². The highest BCUT2D eigenvalue weighted by Gasteiger charge is 2.16. The molecule has 2 heterocycles.